The van der Waals surface area contributed by atoms with E-state index < -0.39 is 0 Å². The lowest BCUT2D eigenvalue weighted by Gasteiger charge is -2.05. The third-order valence-corrected chi connectivity index (χ3v) is 3.49. The lowest BCUT2D eigenvalue weighted by atomic mass is 10.3. The molecule has 0 aliphatic heterocycles. The minimum Gasteiger partial charge on any atom is -0.370 e. The third-order valence-electron chi connectivity index (χ3n) is 2.19. The van der Waals surface area contributed by atoms with Crippen LogP contribution in [-0.4, -0.2) is 16.5 Å². The highest BCUT2D eigenvalue weighted by Gasteiger charge is 1.99. The van der Waals surface area contributed by atoms with E-state index in [1.165, 1.54) is 4.88 Å². The molecule has 0 saturated heterocycles. The van der Waals surface area contributed by atoms with Crippen LogP contribution in [0.3, 0.4) is 0 Å². The van der Waals surface area contributed by atoms with Crippen molar-refractivity contribution in [2.24, 2.45) is 5.73 Å². The Kier molecular flexibility index (Phi) is 4.30. The standard InChI is InChI=1S/C11H13ClN4S/c12-9-2-1-8(17-9)3-5-14-10-4-6-15-11(7-13)16-10/h1-2,4,6H,3,5,7,13H2,(H,14,15,16). The molecular weight excluding hydrogens is 256 g/mol. The van der Waals surface area contributed by atoms with Crippen LogP contribution >= 0.6 is 22.9 Å². The predicted molar refractivity (Wildman–Crippen MR) is 71.4 cm³/mol. The number of thiophene rings is 1. The van der Waals surface area contributed by atoms with Gasteiger partial charge in [0.05, 0.1) is 10.9 Å². The van der Waals surface area contributed by atoms with Gasteiger partial charge in [0.2, 0.25) is 0 Å². The van der Waals surface area contributed by atoms with Crippen LogP contribution in [0.4, 0.5) is 5.82 Å². The highest BCUT2D eigenvalue weighted by molar-refractivity contribution is 7.16. The Balaban J connectivity index is 1.85. The van der Waals surface area contributed by atoms with E-state index >= 15 is 0 Å². The van der Waals surface area contributed by atoms with Gasteiger partial charge in [-0.15, -0.1) is 11.3 Å². The fourth-order valence-corrected chi connectivity index (χ4v) is 2.48. The molecule has 0 atom stereocenters. The first kappa shape index (κ1) is 12.3. The Hall–Kier alpha value is -1.17. The molecule has 0 aliphatic rings. The molecule has 2 aromatic rings. The normalized spacial score (nSPS) is 10.5. The summed E-state index contributed by atoms with van der Waals surface area (Å²) in [5.74, 6) is 1.46. The number of halogens is 1. The van der Waals surface area contributed by atoms with Crippen molar-refractivity contribution in [1.29, 1.82) is 0 Å². The molecule has 90 valence electrons. The summed E-state index contributed by atoms with van der Waals surface area (Å²) in [6.07, 6.45) is 2.64. The summed E-state index contributed by atoms with van der Waals surface area (Å²) in [7, 11) is 0. The molecule has 2 aromatic heterocycles. The van der Waals surface area contributed by atoms with Crippen LogP contribution in [-0.2, 0) is 13.0 Å². The number of aromatic nitrogens is 2. The zero-order valence-electron chi connectivity index (χ0n) is 9.19. The molecular formula is C11H13ClN4S. The van der Waals surface area contributed by atoms with Gasteiger partial charge in [-0.3, -0.25) is 0 Å². The molecule has 0 amide bonds. The Morgan fingerprint density at radius 2 is 2.24 bits per heavy atom. The Morgan fingerprint density at radius 1 is 1.35 bits per heavy atom. The van der Waals surface area contributed by atoms with Crippen molar-refractivity contribution in [3.8, 4) is 0 Å². The molecule has 0 fully saturated rings. The maximum atomic E-state index is 5.86. The first-order chi connectivity index (χ1) is 8.28. The van der Waals surface area contributed by atoms with Gasteiger partial charge in [-0.2, -0.15) is 0 Å². The topological polar surface area (TPSA) is 63.8 Å². The van der Waals surface area contributed by atoms with Crippen molar-refractivity contribution in [2.75, 3.05) is 11.9 Å². The van der Waals surface area contributed by atoms with Gasteiger partial charge in [0.1, 0.15) is 11.6 Å². The second-order valence-electron chi connectivity index (χ2n) is 3.44. The minimum absolute atomic E-state index is 0.357. The zero-order valence-corrected chi connectivity index (χ0v) is 10.8. The van der Waals surface area contributed by atoms with Crippen molar-refractivity contribution in [3.63, 3.8) is 0 Å². The second-order valence-corrected chi connectivity index (χ2v) is 5.24. The maximum absolute atomic E-state index is 5.86. The fourth-order valence-electron chi connectivity index (χ4n) is 1.40. The molecule has 0 aliphatic carbocycles. The first-order valence-corrected chi connectivity index (χ1v) is 6.47. The van der Waals surface area contributed by atoms with E-state index in [0.717, 1.165) is 23.1 Å². The molecule has 4 nitrogen and oxygen atoms in total. The van der Waals surface area contributed by atoms with Crippen LogP contribution in [0.25, 0.3) is 0 Å². The number of anilines is 1. The second kappa shape index (κ2) is 5.95. The van der Waals surface area contributed by atoms with Gasteiger partial charge in [0.15, 0.2) is 0 Å². The van der Waals surface area contributed by atoms with Crippen LogP contribution in [0.5, 0.6) is 0 Å². The maximum Gasteiger partial charge on any atom is 0.144 e. The van der Waals surface area contributed by atoms with E-state index in [1.807, 2.05) is 18.2 Å². The van der Waals surface area contributed by atoms with Crippen molar-refractivity contribution in [3.05, 3.63) is 39.4 Å². The number of hydrogen-bond acceptors (Lipinski definition) is 5. The summed E-state index contributed by atoms with van der Waals surface area (Å²) in [6.45, 7) is 1.17. The highest BCUT2D eigenvalue weighted by Crippen LogP contribution is 2.21. The molecule has 0 unspecified atom stereocenters. The zero-order chi connectivity index (χ0) is 12.1. The molecule has 3 N–H and O–H groups in total. The van der Waals surface area contributed by atoms with Gasteiger partial charge < -0.3 is 11.1 Å². The molecule has 2 heterocycles. The lowest BCUT2D eigenvalue weighted by Crippen LogP contribution is -2.09. The van der Waals surface area contributed by atoms with Gasteiger partial charge in [-0.05, 0) is 24.6 Å². The van der Waals surface area contributed by atoms with Gasteiger partial charge in [-0.1, -0.05) is 11.6 Å². The van der Waals surface area contributed by atoms with Gasteiger partial charge in [0.25, 0.3) is 0 Å². The molecule has 0 saturated carbocycles. The monoisotopic (exact) mass is 268 g/mol. The van der Waals surface area contributed by atoms with E-state index in [1.54, 1.807) is 17.5 Å². The summed E-state index contributed by atoms with van der Waals surface area (Å²) >= 11 is 7.46. The van der Waals surface area contributed by atoms with Crippen molar-refractivity contribution in [2.45, 2.75) is 13.0 Å². The van der Waals surface area contributed by atoms with Gasteiger partial charge in [0, 0.05) is 17.6 Å². The van der Waals surface area contributed by atoms with E-state index in [9.17, 15) is 0 Å². The molecule has 0 bridgehead atoms. The largest absolute Gasteiger partial charge is 0.370 e. The van der Waals surface area contributed by atoms with Crippen LogP contribution in [0, 0.1) is 0 Å². The van der Waals surface area contributed by atoms with Crippen molar-refractivity contribution >= 4 is 28.8 Å². The highest BCUT2D eigenvalue weighted by atomic mass is 35.5. The van der Waals surface area contributed by atoms with Crippen molar-refractivity contribution in [1.82, 2.24) is 9.97 Å². The number of hydrogen-bond donors (Lipinski definition) is 2. The average molecular weight is 269 g/mol. The van der Waals surface area contributed by atoms with Crippen LogP contribution < -0.4 is 11.1 Å². The third kappa shape index (κ3) is 3.66. The SMILES string of the molecule is NCc1nccc(NCCc2ccc(Cl)s2)n1. The fraction of sp³-hybridized carbons (Fsp3) is 0.273. The predicted octanol–water partition coefficient (Wildman–Crippen LogP) is 2.30. The number of nitrogens with one attached hydrogen (secondary N) is 1. The van der Waals surface area contributed by atoms with Gasteiger partial charge in [-0.25, -0.2) is 9.97 Å². The van der Waals surface area contributed by atoms with Crippen LogP contribution in [0.15, 0.2) is 24.4 Å². The Labute approximate surface area is 109 Å². The van der Waals surface area contributed by atoms with Gasteiger partial charge >= 0.3 is 0 Å². The molecule has 0 radical (unpaired) electrons. The summed E-state index contributed by atoms with van der Waals surface area (Å²) < 4.78 is 0.826. The smallest absolute Gasteiger partial charge is 0.144 e. The molecule has 17 heavy (non-hydrogen) atoms. The Bertz CT molecular complexity index is 486. The molecule has 0 spiro atoms. The number of nitrogens with two attached hydrogens (primary N) is 1. The molecule has 2 rings (SSSR count). The quantitative estimate of drug-likeness (QED) is 0.873. The average Bonchev–Trinajstić information content (AvgIpc) is 2.75. The lowest BCUT2D eigenvalue weighted by molar-refractivity contribution is 0.902. The summed E-state index contributed by atoms with van der Waals surface area (Å²) in [5, 5.41) is 3.23. The summed E-state index contributed by atoms with van der Waals surface area (Å²) in [5.41, 5.74) is 5.48. The van der Waals surface area contributed by atoms with E-state index in [4.69, 9.17) is 17.3 Å². The van der Waals surface area contributed by atoms with E-state index in [0.29, 0.717) is 12.4 Å². The summed E-state index contributed by atoms with van der Waals surface area (Å²) in [6, 6.07) is 5.79. The first-order valence-electron chi connectivity index (χ1n) is 5.28. The van der Waals surface area contributed by atoms with E-state index in [2.05, 4.69) is 15.3 Å². The summed E-state index contributed by atoms with van der Waals surface area (Å²) in [4.78, 5) is 9.55. The van der Waals surface area contributed by atoms with Crippen LogP contribution in [0.2, 0.25) is 4.34 Å². The van der Waals surface area contributed by atoms with E-state index in [-0.39, 0.29) is 0 Å². The number of nitrogens with zero attached hydrogens (tertiary/aromatic N) is 2. The molecule has 0 aromatic carbocycles. The number of rotatable bonds is 5. The van der Waals surface area contributed by atoms with Crippen LogP contribution in [0.1, 0.15) is 10.7 Å². The van der Waals surface area contributed by atoms with Crippen molar-refractivity contribution < 1.29 is 0 Å². The molecule has 6 heteroatoms. The minimum atomic E-state index is 0.357. The Morgan fingerprint density at radius 3 is 2.94 bits per heavy atom.